The van der Waals surface area contributed by atoms with E-state index in [0.717, 1.165) is 30.8 Å². The van der Waals surface area contributed by atoms with Crippen LogP contribution < -0.4 is 10.6 Å². The Morgan fingerprint density at radius 1 is 1.45 bits per heavy atom. The van der Waals surface area contributed by atoms with Crippen LogP contribution in [0.15, 0.2) is 24.3 Å². The van der Waals surface area contributed by atoms with Crippen LogP contribution in [0.2, 0.25) is 0 Å². The van der Waals surface area contributed by atoms with Gasteiger partial charge < -0.3 is 15.5 Å². The summed E-state index contributed by atoms with van der Waals surface area (Å²) in [6.07, 6.45) is 1.01. The molecule has 1 aromatic rings. The van der Waals surface area contributed by atoms with Gasteiger partial charge in [0.05, 0.1) is 0 Å². The van der Waals surface area contributed by atoms with Crippen molar-refractivity contribution in [1.82, 2.24) is 4.90 Å². The zero-order valence-electron chi connectivity index (χ0n) is 12.4. The first-order valence-electron chi connectivity index (χ1n) is 6.81. The fraction of sp³-hybridized carbons (Fsp3) is 0.533. The van der Waals surface area contributed by atoms with Gasteiger partial charge in [-0.05, 0) is 37.5 Å². The molecule has 4 nitrogen and oxygen atoms in total. The van der Waals surface area contributed by atoms with Crippen molar-refractivity contribution in [2.75, 3.05) is 32.1 Å². The topological polar surface area (TPSA) is 49.6 Å². The molecule has 1 heterocycles. The van der Waals surface area contributed by atoms with Crippen molar-refractivity contribution in [3.8, 4) is 0 Å². The molecule has 20 heavy (non-hydrogen) atoms. The van der Waals surface area contributed by atoms with E-state index in [1.807, 2.05) is 55.1 Å². The van der Waals surface area contributed by atoms with Crippen molar-refractivity contribution < 1.29 is 4.79 Å². The molecule has 0 bridgehead atoms. The lowest BCUT2D eigenvalue weighted by atomic mass is 10.0. The van der Waals surface area contributed by atoms with Crippen molar-refractivity contribution in [3.63, 3.8) is 0 Å². The first kappa shape index (κ1) is 16.8. The predicted molar refractivity (Wildman–Crippen MR) is 85.7 cm³/mol. The molecule has 0 radical (unpaired) electrons. The number of nitrogens with two attached hydrogens (primary N) is 1. The highest BCUT2D eigenvalue weighted by atomic mass is 35.5. The fourth-order valence-corrected chi connectivity index (χ4v) is 2.50. The summed E-state index contributed by atoms with van der Waals surface area (Å²) in [5.41, 5.74) is 7.73. The Bertz CT molecular complexity index is 462. The molecule has 0 saturated carbocycles. The van der Waals surface area contributed by atoms with Gasteiger partial charge >= 0.3 is 0 Å². The Morgan fingerprint density at radius 2 is 2.15 bits per heavy atom. The molecule has 0 aliphatic carbocycles. The normalized spacial score (nSPS) is 19.4. The Labute approximate surface area is 127 Å². The Morgan fingerprint density at radius 3 is 2.70 bits per heavy atom. The number of benzene rings is 1. The van der Waals surface area contributed by atoms with Gasteiger partial charge in [0.15, 0.2) is 0 Å². The van der Waals surface area contributed by atoms with E-state index in [1.165, 1.54) is 0 Å². The van der Waals surface area contributed by atoms with Gasteiger partial charge in [-0.15, -0.1) is 12.4 Å². The van der Waals surface area contributed by atoms with E-state index in [4.69, 9.17) is 5.73 Å². The number of anilines is 1. The van der Waals surface area contributed by atoms with Gasteiger partial charge in [0.25, 0.3) is 5.91 Å². The smallest absolute Gasteiger partial charge is 0.253 e. The van der Waals surface area contributed by atoms with E-state index >= 15 is 0 Å². The molecule has 5 heteroatoms. The van der Waals surface area contributed by atoms with E-state index in [2.05, 4.69) is 0 Å². The van der Waals surface area contributed by atoms with E-state index < -0.39 is 0 Å². The van der Waals surface area contributed by atoms with Crippen molar-refractivity contribution >= 4 is 24.0 Å². The molecular weight excluding hydrogens is 274 g/mol. The van der Waals surface area contributed by atoms with E-state index in [9.17, 15) is 4.79 Å². The molecule has 1 aromatic carbocycles. The maximum Gasteiger partial charge on any atom is 0.253 e. The van der Waals surface area contributed by atoms with Gasteiger partial charge in [-0.3, -0.25) is 4.79 Å². The first-order chi connectivity index (χ1) is 8.99. The quantitative estimate of drug-likeness (QED) is 0.928. The number of likely N-dealkylation sites (tertiary alicyclic amines) is 1. The van der Waals surface area contributed by atoms with Crippen molar-refractivity contribution in [2.24, 2.45) is 11.7 Å². The Hall–Kier alpha value is -1.26. The van der Waals surface area contributed by atoms with Crippen LogP contribution in [0.25, 0.3) is 0 Å². The van der Waals surface area contributed by atoms with Gasteiger partial charge in [-0.1, -0.05) is 6.07 Å². The summed E-state index contributed by atoms with van der Waals surface area (Å²) in [6.45, 7) is 3.62. The average molecular weight is 298 g/mol. The summed E-state index contributed by atoms with van der Waals surface area (Å²) in [6, 6.07) is 7.93. The lowest BCUT2D eigenvalue weighted by Gasteiger charge is -2.19. The van der Waals surface area contributed by atoms with E-state index in [-0.39, 0.29) is 24.4 Å². The van der Waals surface area contributed by atoms with Gasteiger partial charge in [0, 0.05) is 44.5 Å². The maximum atomic E-state index is 12.5. The van der Waals surface area contributed by atoms with Gasteiger partial charge in [-0.2, -0.15) is 0 Å². The third kappa shape index (κ3) is 3.64. The molecule has 1 saturated heterocycles. The van der Waals surface area contributed by atoms with Crippen LogP contribution in [0.3, 0.4) is 0 Å². The Balaban J connectivity index is 0.00000200. The number of halogens is 1. The second-order valence-corrected chi connectivity index (χ2v) is 5.60. The highest BCUT2D eigenvalue weighted by molar-refractivity contribution is 5.95. The second-order valence-electron chi connectivity index (χ2n) is 5.60. The largest absolute Gasteiger partial charge is 0.378 e. The van der Waals surface area contributed by atoms with Crippen LogP contribution in [0.4, 0.5) is 5.69 Å². The standard InChI is InChI=1S/C15H23N3O.ClH/c1-11(16)13-7-8-18(10-13)15(19)12-5-4-6-14(9-12)17(2)3;/h4-6,9,11,13H,7-8,10,16H2,1-3H3;1H. The molecule has 2 unspecified atom stereocenters. The molecule has 1 aliphatic rings. The summed E-state index contributed by atoms with van der Waals surface area (Å²) < 4.78 is 0. The molecule has 1 amide bonds. The van der Waals surface area contributed by atoms with Crippen LogP contribution in [-0.4, -0.2) is 44.0 Å². The highest BCUT2D eigenvalue weighted by Gasteiger charge is 2.28. The molecule has 2 rings (SSSR count). The SMILES string of the molecule is CC(N)C1CCN(C(=O)c2cccc(N(C)C)c2)C1.Cl. The maximum absolute atomic E-state index is 12.5. The predicted octanol–water partition coefficient (Wildman–Crippen LogP) is 1.98. The number of carbonyl (C=O) groups is 1. The fourth-order valence-electron chi connectivity index (χ4n) is 2.50. The summed E-state index contributed by atoms with van der Waals surface area (Å²) in [5, 5.41) is 0. The number of hydrogen-bond acceptors (Lipinski definition) is 3. The molecule has 0 spiro atoms. The summed E-state index contributed by atoms with van der Waals surface area (Å²) in [5.74, 6) is 0.549. The van der Waals surface area contributed by atoms with Crippen molar-refractivity contribution in [3.05, 3.63) is 29.8 Å². The number of hydrogen-bond donors (Lipinski definition) is 1. The monoisotopic (exact) mass is 297 g/mol. The van der Waals surface area contributed by atoms with Crippen molar-refractivity contribution in [2.45, 2.75) is 19.4 Å². The van der Waals surface area contributed by atoms with Crippen LogP contribution >= 0.6 is 12.4 Å². The van der Waals surface area contributed by atoms with Gasteiger partial charge in [0.2, 0.25) is 0 Å². The minimum Gasteiger partial charge on any atom is -0.378 e. The Kier molecular flexibility index (Phi) is 5.84. The average Bonchev–Trinajstić information content (AvgIpc) is 2.87. The molecule has 2 atom stereocenters. The molecular formula is C15H24ClN3O. The van der Waals surface area contributed by atoms with Crippen LogP contribution in [0.1, 0.15) is 23.7 Å². The summed E-state index contributed by atoms with van der Waals surface area (Å²) in [7, 11) is 3.96. The number of nitrogens with zero attached hydrogens (tertiary/aromatic N) is 2. The second kappa shape index (κ2) is 6.95. The number of rotatable bonds is 3. The zero-order valence-corrected chi connectivity index (χ0v) is 13.2. The van der Waals surface area contributed by atoms with E-state index in [1.54, 1.807) is 0 Å². The van der Waals surface area contributed by atoms with Crippen LogP contribution in [0, 0.1) is 5.92 Å². The van der Waals surface area contributed by atoms with E-state index in [0.29, 0.717) is 5.92 Å². The van der Waals surface area contributed by atoms with Crippen LogP contribution in [0.5, 0.6) is 0 Å². The molecule has 1 aliphatic heterocycles. The minimum absolute atomic E-state index is 0. The molecule has 2 N–H and O–H groups in total. The summed E-state index contributed by atoms with van der Waals surface area (Å²) >= 11 is 0. The third-order valence-corrected chi connectivity index (χ3v) is 3.86. The van der Waals surface area contributed by atoms with Crippen molar-refractivity contribution in [1.29, 1.82) is 0 Å². The molecule has 0 aromatic heterocycles. The number of carbonyl (C=O) groups excluding carboxylic acids is 1. The molecule has 1 fully saturated rings. The number of amides is 1. The third-order valence-electron chi connectivity index (χ3n) is 3.86. The van der Waals surface area contributed by atoms with Crippen LogP contribution in [-0.2, 0) is 0 Å². The summed E-state index contributed by atoms with van der Waals surface area (Å²) in [4.78, 5) is 16.4. The van der Waals surface area contributed by atoms with Gasteiger partial charge in [-0.25, -0.2) is 0 Å². The van der Waals surface area contributed by atoms with Gasteiger partial charge in [0.1, 0.15) is 0 Å². The minimum atomic E-state index is 0. The lowest BCUT2D eigenvalue weighted by Crippen LogP contribution is -2.33. The zero-order chi connectivity index (χ0) is 14.0. The first-order valence-corrected chi connectivity index (χ1v) is 6.81. The lowest BCUT2D eigenvalue weighted by molar-refractivity contribution is 0.0786. The highest BCUT2D eigenvalue weighted by Crippen LogP contribution is 2.22. The molecule has 112 valence electrons.